The van der Waals surface area contributed by atoms with Crippen LogP contribution in [0.2, 0.25) is 0 Å². The molecule has 4 atom stereocenters. The molecule has 1 aromatic rings. The Morgan fingerprint density at radius 2 is 2.05 bits per heavy atom. The van der Waals surface area contributed by atoms with E-state index in [1.54, 1.807) is 0 Å². The van der Waals surface area contributed by atoms with E-state index in [2.05, 4.69) is 28.9 Å². The van der Waals surface area contributed by atoms with Crippen molar-refractivity contribution in [1.82, 2.24) is 0 Å². The van der Waals surface area contributed by atoms with Crippen molar-refractivity contribution in [2.75, 3.05) is 0 Å². The number of Topliss-reactive ketones (excluding diaryl/α,β-unsaturated/α-hetero) is 1. The van der Waals surface area contributed by atoms with Crippen LogP contribution >= 0.6 is 15.9 Å². The van der Waals surface area contributed by atoms with E-state index in [0.717, 1.165) is 43.0 Å². The minimum absolute atomic E-state index is 0.0488. The Balaban J connectivity index is 1.75. The van der Waals surface area contributed by atoms with Gasteiger partial charge in [-0.15, -0.1) is 0 Å². The third-order valence-electron chi connectivity index (χ3n) is 6.53. The third-order valence-corrected chi connectivity index (χ3v) is 7.42. The normalized spacial score (nSPS) is 37.8. The molecule has 2 nitrogen and oxygen atoms in total. The van der Waals surface area contributed by atoms with Crippen molar-refractivity contribution in [2.45, 2.75) is 51.4 Å². The highest BCUT2D eigenvalue weighted by atomic mass is 79.9. The minimum atomic E-state index is -0.0488. The summed E-state index contributed by atoms with van der Waals surface area (Å²) in [5.41, 5.74) is 2.66. The van der Waals surface area contributed by atoms with Crippen LogP contribution in [0.4, 0.5) is 0 Å². The van der Waals surface area contributed by atoms with Crippen LogP contribution in [0.15, 0.2) is 16.6 Å². The zero-order valence-corrected chi connectivity index (χ0v) is 13.9. The van der Waals surface area contributed by atoms with E-state index in [1.165, 1.54) is 11.1 Å². The molecular formula is C18H21BrO2. The van der Waals surface area contributed by atoms with Crippen LogP contribution < -0.4 is 0 Å². The molecule has 0 spiro atoms. The SMILES string of the molecule is C[C@]12CCC3c4ccc(O)c(Br)c4CCC3C1CCC2=O. The number of carbonyl (C=O) groups is 1. The fraction of sp³-hybridized carbons (Fsp3) is 0.611. The van der Waals surface area contributed by atoms with Crippen LogP contribution in [-0.2, 0) is 11.2 Å². The number of aromatic hydroxyl groups is 1. The highest BCUT2D eigenvalue weighted by molar-refractivity contribution is 9.10. The van der Waals surface area contributed by atoms with Gasteiger partial charge in [0, 0.05) is 11.8 Å². The lowest BCUT2D eigenvalue weighted by atomic mass is 9.55. The fourth-order valence-electron chi connectivity index (χ4n) is 5.38. The van der Waals surface area contributed by atoms with E-state index in [9.17, 15) is 9.90 Å². The molecule has 0 aliphatic heterocycles. The number of benzene rings is 1. The van der Waals surface area contributed by atoms with Crippen LogP contribution in [-0.4, -0.2) is 10.9 Å². The van der Waals surface area contributed by atoms with E-state index in [1.807, 2.05) is 6.07 Å². The molecule has 0 radical (unpaired) electrons. The average Bonchev–Trinajstić information content (AvgIpc) is 2.78. The van der Waals surface area contributed by atoms with Gasteiger partial charge in [-0.25, -0.2) is 0 Å². The summed E-state index contributed by atoms with van der Waals surface area (Å²) in [7, 11) is 0. The summed E-state index contributed by atoms with van der Waals surface area (Å²) in [4.78, 5) is 12.3. The Morgan fingerprint density at radius 1 is 1.24 bits per heavy atom. The highest BCUT2D eigenvalue weighted by Crippen LogP contribution is 2.60. The molecule has 0 aromatic heterocycles. The lowest BCUT2D eigenvalue weighted by Gasteiger charge is -2.48. The van der Waals surface area contributed by atoms with Gasteiger partial charge in [0.1, 0.15) is 11.5 Å². The van der Waals surface area contributed by atoms with E-state index in [-0.39, 0.29) is 5.41 Å². The minimum Gasteiger partial charge on any atom is -0.507 e. The van der Waals surface area contributed by atoms with Gasteiger partial charge in [-0.05, 0) is 83.0 Å². The molecule has 0 bridgehead atoms. The van der Waals surface area contributed by atoms with Crippen LogP contribution in [0, 0.1) is 17.3 Å². The predicted molar refractivity (Wildman–Crippen MR) is 85.4 cm³/mol. The van der Waals surface area contributed by atoms with Gasteiger partial charge in [-0.1, -0.05) is 13.0 Å². The zero-order chi connectivity index (χ0) is 14.8. The topological polar surface area (TPSA) is 37.3 Å². The van der Waals surface area contributed by atoms with Crippen molar-refractivity contribution in [3.63, 3.8) is 0 Å². The Bertz CT molecular complexity index is 624. The van der Waals surface area contributed by atoms with Gasteiger partial charge < -0.3 is 5.11 Å². The van der Waals surface area contributed by atoms with Gasteiger partial charge in [-0.2, -0.15) is 0 Å². The van der Waals surface area contributed by atoms with Gasteiger partial charge in [0.15, 0.2) is 0 Å². The van der Waals surface area contributed by atoms with Crippen molar-refractivity contribution in [3.8, 4) is 5.75 Å². The van der Waals surface area contributed by atoms with Crippen molar-refractivity contribution in [3.05, 3.63) is 27.7 Å². The van der Waals surface area contributed by atoms with Crippen molar-refractivity contribution in [1.29, 1.82) is 0 Å². The average molecular weight is 349 g/mol. The van der Waals surface area contributed by atoms with Gasteiger partial charge in [0.25, 0.3) is 0 Å². The first-order valence-corrected chi connectivity index (χ1v) is 8.85. The molecule has 4 rings (SSSR count). The molecule has 3 heteroatoms. The van der Waals surface area contributed by atoms with Crippen molar-refractivity contribution >= 4 is 21.7 Å². The molecule has 2 fully saturated rings. The molecule has 0 heterocycles. The maximum Gasteiger partial charge on any atom is 0.139 e. The molecule has 0 amide bonds. The van der Waals surface area contributed by atoms with E-state index >= 15 is 0 Å². The van der Waals surface area contributed by atoms with E-state index in [4.69, 9.17) is 0 Å². The lowest BCUT2D eigenvalue weighted by molar-refractivity contribution is -0.129. The third kappa shape index (κ3) is 1.79. The van der Waals surface area contributed by atoms with E-state index in [0.29, 0.717) is 29.3 Å². The maximum atomic E-state index is 12.3. The zero-order valence-electron chi connectivity index (χ0n) is 12.4. The second-order valence-corrected chi connectivity index (χ2v) is 8.09. The lowest BCUT2D eigenvalue weighted by Crippen LogP contribution is -2.42. The fourth-order valence-corrected chi connectivity index (χ4v) is 5.94. The number of phenolic OH excluding ortho intramolecular Hbond substituents is 1. The molecule has 112 valence electrons. The molecule has 2 saturated carbocycles. The first-order valence-electron chi connectivity index (χ1n) is 8.06. The molecule has 21 heavy (non-hydrogen) atoms. The van der Waals surface area contributed by atoms with Crippen molar-refractivity contribution in [2.24, 2.45) is 17.3 Å². The summed E-state index contributed by atoms with van der Waals surface area (Å²) in [6, 6.07) is 3.94. The number of halogens is 1. The Kier molecular flexibility index (Phi) is 3.01. The van der Waals surface area contributed by atoms with Gasteiger partial charge in [0.2, 0.25) is 0 Å². The summed E-state index contributed by atoms with van der Waals surface area (Å²) in [5, 5.41) is 9.91. The van der Waals surface area contributed by atoms with Gasteiger partial charge in [-0.3, -0.25) is 4.79 Å². The molecule has 3 unspecified atom stereocenters. The molecule has 3 aliphatic rings. The number of hydrogen-bond donors (Lipinski definition) is 1. The molecule has 1 aromatic carbocycles. The summed E-state index contributed by atoms with van der Waals surface area (Å²) >= 11 is 3.55. The monoisotopic (exact) mass is 348 g/mol. The second kappa shape index (κ2) is 4.58. The van der Waals surface area contributed by atoms with Gasteiger partial charge in [0.05, 0.1) is 4.47 Å². The number of phenols is 1. The van der Waals surface area contributed by atoms with Crippen LogP contribution in [0.25, 0.3) is 0 Å². The number of rotatable bonds is 0. The summed E-state index contributed by atoms with van der Waals surface area (Å²) in [6.45, 7) is 2.21. The smallest absolute Gasteiger partial charge is 0.139 e. The summed E-state index contributed by atoms with van der Waals surface area (Å²) in [5.74, 6) is 2.66. The largest absolute Gasteiger partial charge is 0.507 e. The van der Waals surface area contributed by atoms with Crippen LogP contribution in [0.5, 0.6) is 5.75 Å². The first kappa shape index (κ1) is 13.8. The Labute approximate surface area is 134 Å². The van der Waals surface area contributed by atoms with Crippen molar-refractivity contribution < 1.29 is 9.90 Å². The predicted octanol–water partition coefficient (Wildman–Crippen LogP) is 4.58. The molecule has 3 aliphatic carbocycles. The molecule has 1 N–H and O–H groups in total. The second-order valence-electron chi connectivity index (χ2n) is 7.30. The number of hydrogen-bond acceptors (Lipinski definition) is 2. The molecular weight excluding hydrogens is 328 g/mol. The quantitative estimate of drug-likeness (QED) is 0.744. The Morgan fingerprint density at radius 3 is 2.86 bits per heavy atom. The number of carbonyl (C=O) groups excluding carboxylic acids is 1. The summed E-state index contributed by atoms with van der Waals surface area (Å²) in [6.07, 6.45) is 6.21. The number of ketones is 1. The highest BCUT2D eigenvalue weighted by Gasteiger charge is 2.54. The molecule has 0 saturated heterocycles. The van der Waals surface area contributed by atoms with Crippen LogP contribution in [0.3, 0.4) is 0 Å². The Hall–Kier alpha value is -0.830. The maximum absolute atomic E-state index is 12.3. The van der Waals surface area contributed by atoms with Crippen LogP contribution in [0.1, 0.15) is 56.1 Å². The first-order chi connectivity index (χ1) is 10.0. The number of fused-ring (bicyclic) bond motifs is 5. The summed E-state index contributed by atoms with van der Waals surface area (Å²) < 4.78 is 0.884. The van der Waals surface area contributed by atoms with E-state index < -0.39 is 0 Å². The van der Waals surface area contributed by atoms with Gasteiger partial charge >= 0.3 is 0 Å². The standard InChI is InChI=1S/C18H21BrO2/c1-18-9-8-11-10-4-6-15(20)17(19)13(10)3-2-12(11)14(18)5-7-16(18)21/h4,6,11-12,14,20H,2-3,5,7-9H2,1H3/t11?,12?,14?,18-/m0/s1.